The number of rotatable bonds is 6. The number of nitrogens with zero attached hydrogens (tertiary/aromatic N) is 3. The molecule has 26 heavy (non-hydrogen) atoms. The molecule has 2 aliphatic heterocycles. The van der Waals surface area contributed by atoms with Gasteiger partial charge in [-0.3, -0.25) is 9.69 Å². The van der Waals surface area contributed by atoms with E-state index >= 15 is 0 Å². The zero-order valence-electron chi connectivity index (χ0n) is 16.0. The van der Waals surface area contributed by atoms with Gasteiger partial charge in [-0.15, -0.1) is 0 Å². The Balaban J connectivity index is 1.69. The molecule has 0 unspecified atom stereocenters. The fraction of sp³-hybridized carbons (Fsp3) is 0.650. The maximum atomic E-state index is 13.2. The first kappa shape index (κ1) is 19.1. The molecule has 2 aliphatic rings. The Morgan fingerprint density at radius 3 is 2.27 bits per heavy atom. The smallest absolute Gasteiger partial charge is 0.254 e. The van der Waals surface area contributed by atoms with Crippen LogP contribution < -0.4 is 4.90 Å². The molecule has 0 saturated carbocycles. The lowest BCUT2D eigenvalue weighted by Gasteiger charge is -2.36. The fourth-order valence-corrected chi connectivity index (χ4v) is 3.59. The molecule has 1 amide bonds. The number of hydrogen-bond donors (Lipinski definition) is 0. The van der Waals surface area contributed by atoms with Gasteiger partial charge in [-0.2, -0.15) is 0 Å². The molecule has 0 spiro atoms. The van der Waals surface area contributed by atoms with E-state index in [-0.39, 0.29) is 11.9 Å². The van der Waals surface area contributed by atoms with E-state index in [9.17, 15) is 4.79 Å². The number of benzene rings is 1. The predicted molar refractivity (Wildman–Crippen MR) is 103 cm³/mol. The van der Waals surface area contributed by atoms with E-state index in [0.717, 1.165) is 76.7 Å². The lowest BCUT2D eigenvalue weighted by Crippen LogP contribution is -2.48. The second-order valence-electron chi connectivity index (χ2n) is 7.24. The largest absolute Gasteiger partial charge is 0.381 e. The van der Waals surface area contributed by atoms with E-state index in [2.05, 4.69) is 9.80 Å². The summed E-state index contributed by atoms with van der Waals surface area (Å²) in [7, 11) is 4.01. The van der Waals surface area contributed by atoms with Crippen LogP contribution in [0, 0.1) is 0 Å². The first-order valence-corrected chi connectivity index (χ1v) is 9.61. The third-order valence-electron chi connectivity index (χ3n) is 5.28. The Morgan fingerprint density at radius 2 is 1.65 bits per heavy atom. The van der Waals surface area contributed by atoms with Crippen LogP contribution in [-0.2, 0) is 9.47 Å². The molecular weight excluding hydrogens is 330 g/mol. The number of carbonyl (C=O) groups is 1. The molecule has 0 N–H and O–H groups in total. The van der Waals surface area contributed by atoms with Gasteiger partial charge >= 0.3 is 0 Å². The molecule has 6 nitrogen and oxygen atoms in total. The van der Waals surface area contributed by atoms with E-state index in [1.165, 1.54) is 0 Å². The summed E-state index contributed by atoms with van der Waals surface area (Å²) in [6, 6.07) is 8.18. The van der Waals surface area contributed by atoms with Crippen LogP contribution in [0.2, 0.25) is 0 Å². The van der Waals surface area contributed by atoms with E-state index in [0.29, 0.717) is 0 Å². The summed E-state index contributed by atoms with van der Waals surface area (Å²) in [5.74, 6) is 0.135. The highest BCUT2D eigenvalue weighted by Gasteiger charge is 2.27. The standard InChI is InChI=1S/C20H31N3O3/c1-21(2)18-5-3-17(4-6-18)20(24)23(19-7-13-25-14-8-19)10-9-22-11-15-26-16-12-22/h3-6,19H,7-16H2,1-2H3. The Kier molecular flexibility index (Phi) is 6.88. The van der Waals surface area contributed by atoms with Crippen molar-refractivity contribution < 1.29 is 14.3 Å². The highest BCUT2D eigenvalue weighted by Crippen LogP contribution is 2.19. The fourth-order valence-electron chi connectivity index (χ4n) is 3.59. The van der Waals surface area contributed by atoms with Crippen molar-refractivity contribution in [3.63, 3.8) is 0 Å². The molecular formula is C20H31N3O3. The van der Waals surface area contributed by atoms with Crippen LogP contribution in [0.3, 0.4) is 0 Å². The number of morpholine rings is 1. The summed E-state index contributed by atoms with van der Waals surface area (Å²) in [5, 5.41) is 0. The van der Waals surface area contributed by atoms with Crippen LogP contribution in [0.25, 0.3) is 0 Å². The summed E-state index contributed by atoms with van der Waals surface area (Å²) in [5.41, 5.74) is 1.87. The van der Waals surface area contributed by atoms with Gasteiger partial charge in [0, 0.05) is 70.8 Å². The summed E-state index contributed by atoms with van der Waals surface area (Å²) < 4.78 is 10.9. The van der Waals surface area contributed by atoms with Gasteiger partial charge in [-0.25, -0.2) is 0 Å². The van der Waals surface area contributed by atoms with E-state index < -0.39 is 0 Å². The van der Waals surface area contributed by atoms with Crippen LogP contribution in [0.5, 0.6) is 0 Å². The monoisotopic (exact) mass is 361 g/mol. The summed E-state index contributed by atoms with van der Waals surface area (Å²) in [6.45, 7) is 6.63. The Hall–Kier alpha value is -1.63. The van der Waals surface area contributed by atoms with Gasteiger partial charge in [-0.1, -0.05) is 0 Å². The molecule has 0 bridgehead atoms. The molecule has 2 heterocycles. The quantitative estimate of drug-likeness (QED) is 0.772. The van der Waals surface area contributed by atoms with Crippen molar-refractivity contribution >= 4 is 11.6 Å². The van der Waals surface area contributed by atoms with Crippen molar-refractivity contribution in [1.29, 1.82) is 0 Å². The zero-order chi connectivity index (χ0) is 18.4. The minimum Gasteiger partial charge on any atom is -0.381 e. The van der Waals surface area contributed by atoms with Crippen LogP contribution in [0.1, 0.15) is 23.2 Å². The molecule has 0 radical (unpaired) electrons. The molecule has 0 atom stereocenters. The molecule has 1 aromatic carbocycles. The molecule has 3 rings (SSSR count). The summed E-state index contributed by atoms with van der Waals surface area (Å²) in [6.07, 6.45) is 1.84. The topological polar surface area (TPSA) is 45.3 Å². The van der Waals surface area contributed by atoms with Gasteiger partial charge in [-0.05, 0) is 37.1 Å². The van der Waals surface area contributed by atoms with Gasteiger partial charge in [0.05, 0.1) is 13.2 Å². The van der Waals surface area contributed by atoms with Crippen LogP contribution in [0.4, 0.5) is 5.69 Å². The van der Waals surface area contributed by atoms with Gasteiger partial charge in [0.25, 0.3) is 5.91 Å². The number of carbonyl (C=O) groups excluding carboxylic acids is 1. The average molecular weight is 361 g/mol. The van der Waals surface area contributed by atoms with Crippen molar-refractivity contribution in [1.82, 2.24) is 9.80 Å². The van der Waals surface area contributed by atoms with E-state index in [4.69, 9.17) is 9.47 Å². The average Bonchev–Trinajstić information content (AvgIpc) is 2.69. The Morgan fingerprint density at radius 1 is 1.04 bits per heavy atom. The van der Waals surface area contributed by atoms with Gasteiger partial charge in [0.1, 0.15) is 0 Å². The number of hydrogen-bond acceptors (Lipinski definition) is 5. The molecule has 0 aromatic heterocycles. The van der Waals surface area contributed by atoms with Crippen LogP contribution in [-0.4, -0.2) is 88.5 Å². The third-order valence-corrected chi connectivity index (χ3v) is 5.28. The van der Waals surface area contributed by atoms with Gasteiger partial charge in [0.15, 0.2) is 0 Å². The molecule has 144 valence electrons. The Labute approximate surface area is 156 Å². The second-order valence-corrected chi connectivity index (χ2v) is 7.24. The first-order chi connectivity index (χ1) is 12.6. The minimum atomic E-state index is 0.135. The third kappa shape index (κ3) is 4.96. The first-order valence-electron chi connectivity index (χ1n) is 9.61. The van der Waals surface area contributed by atoms with Gasteiger partial charge in [0.2, 0.25) is 0 Å². The van der Waals surface area contributed by atoms with Crippen LogP contribution in [0.15, 0.2) is 24.3 Å². The highest BCUT2D eigenvalue weighted by molar-refractivity contribution is 5.94. The second kappa shape index (κ2) is 9.35. The maximum Gasteiger partial charge on any atom is 0.254 e. The normalized spacial score (nSPS) is 19.3. The lowest BCUT2D eigenvalue weighted by molar-refractivity contribution is 0.0141. The zero-order valence-corrected chi connectivity index (χ0v) is 16.0. The molecule has 2 fully saturated rings. The van der Waals surface area contributed by atoms with Crippen molar-refractivity contribution in [2.75, 3.05) is 71.6 Å². The van der Waals surface area contributed by atoms with Crippen molar-refractivity contribution in [2.24, 2.45) is 0 Å². The molecule has 0 aliphatic carbocycles. The van der Waals surface area contributed by atoms with Crippen LogP contribution >= 0.6 is 0 Å². The summed E-state index contributed by atoms with van der Waals surface area (Å²) >= 11 is 0. The molecule has 2 saturated heterocycles. The Bertz CT molecular complexity index is 564. The lowest BCUT2D eigenvalue weighted by atomic mass is 10.0. The molecule has 6 heteroatoms. The van der Waals surface area contributed by atoms with Gasteiger partial charge < -0.3 is 19.3 Å². The minimum absolute atomic E-state index is 0.135. The number of anilines is 1. The van der Waals surface area contributed by atoms with Crippen molar-refractivity contribution in [2.45, 2.75) is 18.9 Å². The highest BCUT2D eigenvalue weighted by atomic mass is 16.5. The maximum absolute atomic E-state index is 13.2. The SMILES string of the molecule is CN(C)c1ccc(C(=O)N(CCN2CCOCC2)C2CCOCC2)cc1. The molecule has 1 aromatic rings. The van der Waals surface area contributed by atoms with Crippen molar-refractivity contribution in [3.05, 3.63) is 29.8 Å². The predicted octanol–water partition coefficient (Wildman–Crippen LogP) is 1.71. The van der Waals surface area contributed by atoms with E-state index in [1.807, 2.05) is 43.3 Å². The summed E-state index contributed by atoms with van der Waals surface area (Å²) in [4.78, 5) is 19.7. The van der Waals surface area contributed by atoms with E-state index in [1.54, 1.807) is 0 Å². The number of amides is 1. The number of ether oxygens (including phenoxy) is 2. The van der Waals surface area contributed by atoms with Crippen molar-refractivity contribution in [3.8, 4) is 0 Å².